The van der Waals surface area contributed by atoms with Crippen LogP contribution in [0.5, 0.6) is 0 Å². The van der Waals surface area contributed by atoms with E-state index in [1.807, 2.05) is 6.20 Å². The molecule has 1 aliphatic heterocycles. The molecule has 2 aromatic rings. The van der Waals surface area contributed by atoms with Crippen LogP contribution in [0, 0.1) is 0 Å². The van der Waals surface area contributed by atoms with E-state index in [9.17, 15) is 0 Å². The fraction of sp³-hybridized carbons (Fsp3) is 0.545. The van der Waals surface area contributed by atoms with E-state index in [1.165, 1.54) is 5.56 Å². The van der Waals surface area contributed by atoms with Gasteiger partial charge in [-0.3, -0.25) is 9.89 Å². The van der Waals surface area contributed by atoms with Crippen LogP contribution in [0.15, 0.2) is 45.9 Å². The van der Waals surface area contributed by atoms with Crippen molar-refractivity contribution in [1.29, 1.82) is 0 Å². The summed E-state index contributed by atoms with van der Waals surface area (Å²) in [5.74, 6) is 2.36. The molecule has 0 aliphatic carbocycles. The highest BCUT2D eigenvalue weighted by molar-refractivity contribution is 14.0. The van der Waals surface area contributed by atoms with Gasteiger partial charge in [0.2, 0.25) is 5.89 Å². The molecule has 1 fully saturated rings. The second-order valence-electron chi connectivity index (χ2n) is 8.64. The van der Waals surface area contributed by atoms with Gasteiger partial charge in [-0.1, -0.05) is 51.1 Å². The molecule has 1 aromatic heterocycles. The van der Waals surface area contributed by atoms with Crippen LogP contribution in [-0.4, -0.2) is 41.5 Å². The molecule has 0 saturated carbocycles. The number of hydrogen-bond acceptors (Lipinski definition) is 4. The lowest BCUT2D eigenvalue weighted by molar-refractivity contribution is 0.258. The zero-order chi connectivity index (χ0) is 20.1. The fourth-order valence-corrected chi connectivity index (χ4v) is 3.53. The van der Waals surface area contributed by atoms with Crippen LogP contribution in [-0.2, 0) is 18.5 Å². The lowest BCUT2D eigenvalue weighted by Gasteiger charge is -2.21. The lowest BCUT2D eigenvalue weighted by atomic mass is 9.94. The Morgan fingerprint density at radius 1 is 1.28 bits per heavy atom. The Bertz CT molecular complexity index is 784. The number of guanidine groups is 1. The van der Waals surface area contributed by atoms with Crippen molar-refractivity contribution in [1.82, 2.24) is 20.5 Å². The van der Waals surface area contributed by atoms with Crippen LogP contribution in [0.25, 0.3) is 0 Å². The molecule has 2 N–H and O–H groups in total. The van der Waals surface area contributed by atoms with Crippen LogP contribution in [0.1, 0.15) is 51.3 Å². The number of hydrogen-bond donors (Lipinski definition) is 2. The molecule has 7 heteroatoms. The third-order valence-corrected chi connectivity index (χ3v) is 5.20. The highest BCUT2D eigenvalue weighted by atomic mass is 127. The molecular weight excluding hydrogens is 477 g/mol. The number of rotatable bonds is 5. The highest BCUT2D eigenvalue weighted by Crippen LogP contribution is 2.23. The van der Waals surface area contributed by atoms with E-state index in [4.69, 9.17) is 4.42 Å². The van der Waals surface area contributed by atoms with Gasteiger partial charge in [0, 0.05) is 37.6 Å². The summed E-state index contributed by atoms with van der Waals surface area (Å²) in [7, 11) is 1.80. The van der Waals surface area contributed by atoms with E-state index < -0.39 is 0 Å². The Morgan fingerprint density at radius 3 is 2.62 bits per heavy atom. The minimum absolute atomic E-state index is 0. The molecule has 29 heavy (non-hydrogen) atoms. The zero-order valence-corrected chi connectivity index (χ0v) is 20.4. The van der Waals surface area contributed by atoms with E-state index in [0.717, 1.165) is 31.2 Å². The quantitative estimate of drug-likeness (QED) is 0.362. The Balaban J connectivity index is 0.00000300. The first kappa shape index (κ1) is 23.7. The molecule has 2 unspecified atom stereocenters. The predicted octanol–water partition coefficient (Wildman–Crippen LogP) is 3.92. The van der Waals surface area contributed by atoms with Crippen molar-refractivity contribution in [3.8, 4) is 0 Å². The van der Waals surface area contributed by atoms with Crippen molar-refractivity contribution in [2.45, 2.75) is 64.7 Å². The van der Waals surface area contributed by atoms with Gasteiger partial charge >= 0.3 is 0 Å². The summed E-state index contributed by atoms with van der Waals surface area (Å²) in [6.45, 7) is 11.2. The number of nitrogens with zero attached hydrogens (tertiary/aromatic N) is 3. The molecule has 3 rings (SSSR count). The molecule has 0 spiro atoms. The summed E-state index contributed by atoms with van der Waals surface area (Å²) in [6.07, 6.45) is 2.91. The largest absolute Gasteiger partial charge is 0.443 e. The number of oxazole rings is 1. The van der Waals surface area contributed by atoms with E-state index >= 15 is 0 Å². The smallest absolute Gasteiger partial charge is 0.213 e. The number of nitrogens with one attached hydrogen (secondary N) is 2. The average Bonchev–Trinajstić information content (AvgIpc) is 3.26. The third kappa shape index (κ3) is 6.70. The van der Waals surface area contributed by atoms with Crippen LogP contribution in [0.4, 0.5) is 0 Å². The van der Waals surface area contributed by atoms with Crippen molar-refractivity contribution >= 4 is 29.9 Å². The molecule has 1 aliphatic rings. The van der Waals surface area contributed by atoms with Gasteiger partial charge in [-0.25, -0.2) is 4.98 Å². The first-order chi connectivity index (χ1) is 13.3. The second kappa shape index (κ2) is 10.4. The maximum absolute atomic E-state index is 5.85. The average molecular weight is 511 g/mol. The molecule has 0 bridgehead atoms. The lowest BCUT2D eigenvalue weighted by Crippen LogP contribution is -2.44. The number of aliphatic imine (C=N–C) groups is 1. The van der Waals surface area contributed by atoms with E-state index in [-0.39, 0.29) is 29.4 Å². The van der Waals surface area contributed by atoms with Crippen LogP contribution >= 0.6 is 24.0 Å². The van der Waals surface area contributed by atoms with Gasteiger partial charge in [0.25, 0.3) is 0 Å². The van der Waals surface area contributed by atoms with Crippen molar-refractivity contribution in [2.75, 3.05) is 13.6 Å². The molecule has 0 radical (unpaired) electrons. The summed E-state index contributed by atoms with van der Waals surface area (Å²) in [5, 5.41) is 6.87. The molecule has 6 nitrogen and oxygen atoms in total. The van der Waals surface area contributed by atoms with Gasteiger partial charge in [-0.05, 0) is 18.9 Å². The molecule has 1 saturated heterocycles. The van der Waals surface area contributed by atoms with Crippen LogP contribution in [0.2, 0.25) is 0 Å². The minimum Gasteiger partial charge on any atom is -0.443 e. The number of aromatic nitrogens is 1. The molecule has 0 amide bonds. The third-order valence-electron chi connectivity index (χ3n) is 5.20. The molecule has 2 atom stereocenters. The minimum atomic E-state index is -0.0344. The van der Waals surface area contributed by atoms with Crippen molar-refractivity contribution in [3.63, 3.8) is 0 Å². The standard InChI is InChI=1S/C22H33N5O.HI/c1-16-11-18(15-27(16)14-17-9-7-6-8-10-17)26-21(23-5)25-13-20-24-12-19(28-20)22(2,3)4;/h6-10,12,16,18H,11,13-15H2,1-5H3,(H2,23,25,26);1H. The monoisotopic (exact) mass is 511 g/mol. The van der Waals surface area contributed by atoms with Gasteiger partial charge in [-0.15, -0.1) is 24.0 Å². The van der Waals surface area contributed by atoms with Crippen molar-refractivity contribution < 1.29 is 4.42 Å². The first-order valence-electron chi connectivity index (χ1n) is 10.1. The topological polar surface area (TPSA) is 65.7 Å². The zero-order valence-electron chi connectivity index (χ0n) is 18.1. The van der Waals surface area contributed by atoms with E-state index in [0.29, 0.717) is 24.5 Å². The van der Waals surface area contributed by atoms with Gasteiger partial charge in [0.1, 0.15) is 5.76 Å². The second-order valence-corrected chi connectivity index (χ2v) is 8.64. The molecular formula is C22H34IN5O. The van der Waals surface area contributed by atoms with Gasteiger partial charge < -0.3 is 15.1 Å². The van der Waals surface area contributed by atoms with Gasteiger partial charge in [0.05, 0.1) is 12.7 Å². The Hall–Kier alpha value is -1.61. The summed E-state index contributed by atoms with van der Waals surface area (Å²) < 4.78 is 5.85. The van der Waals surface area contributed by atoms with Crippen molar-refractivity contribution in [2.24, 2.45) is 4.99 Å². The number of benzene rings is 1. The van der Waals surface area contributed by atoms with Gasteiger partial charge in [-0.2, -0.15) is 0 Å². The maximum atomic E-state index is 5.85. The highest BCUT2D eigenvalue weighted by Gasteiger charge is 2.29. The van der Waals surface area contributed by atoms with Crippen molar-refractivity contribution in [3.05, 3.63) is 53.7 Å². The first-order valence-corrected chi connectivity index (χ1v) is 10.1. The van der Waals surface area contributed by atoms with E-state index in [2.05, 4.69) is 83.5 Å². The number of likely N-dealkylation sites (tertiary alicyclic amines) is 1. The van der Waals surface area contributed by atoms with Crippen LogP contribution < -0.4 is 10.6 Å². The Morgan fingerprint density at radius 2 is 2.00 bits per heavy atom. The maximum Gasteiger partial charge on any atom is 0.213 e. The SMILES string of the molecule is CN=C(NCc1ncc(C(C)(C)C)o1)NC1CC(C)N(Cc2ccccc2)C1.I. The Labute approximate surface area is 191 Å². The summed E-state index contributed by atoms with van der Waals surface area (Å²) in [6, 6.07) is 11.6. The fourth-order valence-electron chi connectivity index (χ4n) is 3.53. The summed E-state index contributed by atoms with van der Waals surface area (Å²) in [5.41, 5.74) is 1.32. The predicted molar refractivity (Wildman–Crippen MR) is 129 cm³/mol. The van der Waals surface area contributed by atoms with Gasteiger partial charge in [0.15, 0.2) is 5.96 Å². The number of halogens is 1. The molecule has 2 heterocycles. The van der Waals surface area contributed by atoms with Crippen LogP contribution in [0.3, 0.4) is 0 Å². The van der Waals surface area contributed by atoms with E-state index in [1.54, 1.807) is 7.05 Å². The normalized spacial score (nSPS) is 20.4. The Kier molecular flexibility index (Phi) is 8.51. The summed E-state index contributed by atoms with van der Waals surface area (Å²) >= 11 is 0. The molecule has 1 aromatic carbocycles. The molecule has 160 valence electrons. The summed E-state index contributed by atoms with van der Waals surface area (Å²) in [4.78, 5) is 11.3.